The van der Waals surface area contributed by atoms with E-state index in [2.05, 4.69) is 27.7 Å². The Kier molecular flexibility index (Phi) is 28.8. The molecule has 0 amide bonds. The predicted molar refractivity (Wildman–Crippen MR) is 170 cm³/mol. The maximum atomic E-state index is 5.92. The normalized spacial score (nSPS) is 17.1. The Hall–Kier alpha value is -0.400. The van der Waals surface area contributed by atoms with Gasteiger partial charge in [0.2, 0.25) is 0 Å². The van der Waals surface area contributed by atoms with Gasteiger partial charge in [-0.25, -0.2) is 0 Å². The monoisotopic (exact) mass is 624 g/mol. The quantitative estimate of drug-likeness (QED) is 0.0932. The van der Waals surface area contributed by atoms with Crippen LogP contribution in [0.4, 0.5) is 0 Å². The van der Waals surface area contributed by atoms with Crippen molar-refractivity contribution in [3.05, 3.63) is 0 Å². The first kappa shape index (κ1) is 42.6. The zero-order valence-corrected chi connectivity index (χ0v) is 29.3. The maximum absolute atomic E-state index is 5.92. The number of ether oxygens (including phenoxy) is 10. The molecule has 7 atom stereocenters. The number of hydrogen-bond donors (Lipinski definition) is 0. The fourth-order valence-corrected chi connectivity index (χ4v) is 3.49. The summed E-state index contributed by atoms with van der Waals surface area (Å²) < 4.78 is 57.5. The van der Waals surface area contributed by atoms with Gasteiger partial charge in [-0.3, -0.25) is 0 Å². The van der Waals surface area contributed by atoms with E-state index in [4.69, 9.17) is 47.4 Å². The zero-order chi connectivity index (χ0) is 32.3. The second-order valence-electron chi connectivity index (χ2n) is 12.2. The molecule has 0 aliphatic rings. The molecule has 0 aromatic rings. The van der Waals surface area contributed by atoms with Crippen LogP contribution >= 0.6 is 0 Å². The van der Waals surface area contributed by atoms with Crippen LogP contribution in [-0.4, -0.2) is 129 Å². The molecule has 0 bridgehead atoms. The fourth-order valence-electron chi connectivity index (χ4n) is 3.49. The summed E-state index contributed by atoms with van der Waals surface area (Å²) in [5, 5.41) is 0. The van der Waals surface area contributed by atoms with Crippen molar-refractivity contribution >= 4 is 0 Å². The van der Waals surface area contributed by atoms with Crippen molar-refractivity contribution in [1.82, 2.24) is 0 Å². The van der Waals surface area contributed by atoms with Crippen LogP contribution in [0.1, 0.15) is 75.7 Å². The third-order valence-corrected chi connectivity index (χ3v) is 6.04. The Labute approximate surface area is 264 Å². The Bertz CT molecular complexity index is 582. The van der Waals surface area contributed by atoms with Gasteiger partial charge in [0.15, 0.2) is 0 Å². The van der Waals surface area contributed by atoms with Gasteiger partial charge in [0.05, 0.1) is 116 Å². The van der Waals surface area contributed by atoms with Gasteiger partial charge < -0.3 is 47.4 Å². The van der Waals surface area contributed by atoms with E-state index >= 15 is 0 Å². The van der Waals surface area contributed by atoms with Crippen molar-refractivity contribution in [3.63, 3.8) is 0 Å². The molecule has 0 radical (unpaired) electrons. The number of hydrogen-bond acceptors (Lipinski definition) is 10. The van der Waals surface area contributed by atoms with Gasteiger partial charge in [-0.1, -0.05) is 27.7 Å². The molecule has 0 rings (SSSR count). The average Bonchev–Trinajstić information content (AvgIpc) is 2.97. The largest absolute Gasteiger partial charge is 0.379 e. The smallest absolute Gasteiger partial charge is 0.0781 e. The molecule has 0 aromatic heterocycles. The summed E-state index contributed by atoms with van der Waals surface area (Å²) in [4.78, 5) is 0. The van der Waals surface area contributed by atoms with Crippen LogP contribution in [0.3, 0.4) is 0 Å². The van der Waals surface area contributed by atoms with Gasteiger partial charge in [-0.05, 0) is 53.9 Å². The minimum Gasteiger partial charge on any atom is -0.379 e. The first-order valence-electron chi connectivity index (χ1n) is 16.5. The SMILES string of the molecule is CCCOCC(C)OCC(C)OCC(C)OCC(C)COCCOCCOCC(C)OCC(C)OCC(C)OCC(C)C. The van der Waals surface area contributed by atoms with Crippen LogP contribution in [0, 0.1) is 11.8 Å². The summed E-state index contributed by atoms with van der Waals surface area (Å²) in [6.45, 7) is 28.7. The van der Waals surface area contributed by atoms with Crippen LogP contribution in [0.25, 0.3) is 0 Å². The molecule has 0 aliphatic heterocycles. The van der Waals surface area contributed by atoms with Crippen molar-refractivity contribution in [1.29, 1.82) is 0 Å². The van der Waals surface area contributed by atoms with Crippen molar-refractivity contribution in [2.75, 3.05) is 92.5 Å². The molecular weight excluding hydrogens is 556 g/mol. The molecule has 260 valence electrons. The first-order valence-corrected chi connectivity index (χ1v) is 16.5. The van der Waals surface area contributed by atoms with Crippen LogP contribution < -0.4 is 0 Å². The maximum Gasteiger partial charge on any atom is 0.0781 e. The van der Waals surface area contributed by atoms with Crippen LogP contribution in [0.15, 0.2) is 0 Å². The molecule has 0 N–H and O–H groups in total. The topological polar surface area (TPSA) is 92.3 Å². The van der Waals surface area contributed by atoms with E-state index in [1.165, 1.54) is 0 Å². The highest BCUT2D eigenvalue weighted by atomic mass is 16.6. The van der Waals surface area contributed by atoms with E-state index < -0.39 is 0 Å². The molecule has 0 fully saturated rings. The molecule has 0 saturated heterocycles. The van der Waals surface area contributed by atoms with E-state index in [1.807, 2.05) is 41.5 Å². The molecule has 0 saturated carbocycles. The molecule has 10 heteroatoms. The molecule has 43 heavy (non-hydrogen) atoms. The molecule has 0 aliphatic carbocycles. The van der Waals surface area contributed by atoms with E-state index in [9.17, 15) is 0 Å². The lowest BCUT2D eigenvalue weighted by atomic mass is 10.2. The summed E-state index contributed by atoms with van der Waals surface area (Å²) in [7, 11) is 0. The summed E-state index contributed by atoms with van der Waals surface area (Å²) in [5.74, 6) is 0.807. The van der Waals surface area contributed by atoms with E-state index in [1.54, 1.807) is 0 Å². The molecule has 10 nitrogen and oxygen atoms in total. The minimum atomic E-state index is -0.0103. The van der Waals surface area contributed by atoms with Crippen LogP contribution in [0.5, 0.6) is 0 Å². The highest BCUT2D eigenvalue weighted by molar-refractivity contribution is 4.58. The highest BCUT2D eigenvalue weighted by Crippen LogP contribution is 2.05. The van der Waals surface area contributed by atoms with Gasteiger partial charge in [0, 0.05) is 19.1 Å². The Morgan fingerprint density at radius 1 is 0.326 bits per heavy atom. The van der Waals surface area contributed by atoms with Gasteiger partial charge in [0.25, 0.3) is 0 Å². The Morgan fingerprint density at radius 2 is 0.651 bits per heavy atom. The van der Waals surface area contributed by atoms with E-state index in [-0.39, 0.29) is 42.5 Å². The molecule has 0 heterocycles. The third-order valence-electron chi connectivity index (χ3n) is 6.04. The Balaban J connectivity index is 3.60. The molecule has 0 spiro atoms. The lowest BCUT2D eigenvalue weighted by molar-refractivity contribution is -0.0864. The molecule has 0 aromatic carbocycles. The second-order valence-corrected chi connectivity index (χ2v) is 12.2. The first-order chi connectivity index (χ1) is 20.5. The Morgan fingerprint density at radius 3 is 1.07 bits per heavy atom. The van der Waals surface area contributed by atoms with Gasteiger partial charge >= 0.3 is 0 Å². The highest BCUT2D eigenvalue weighted by Gasteiger charge is 2.13. The minimum absolute atomic E-state index is 0.00539. The zero-order valence-electron chi connectivity index (χ0n) is 29.3. The lowest BCUT2D eigenvalue weighted by Crippen LogP contribution is -2.27. The lowest BCUT2D eigenvalue weighted by Gasteiger charge is -2.21. The molecule has 7 unspecified atom stereocenters. The molecular formula is C33H68O10. The third kappa shape index (κ3) is 30.0. The van der Waals surface area contributed by atoms with Crippen molar-refractivity contribution in [3.8, 4) is 0 Å². The van der Waals surface area contributed by atoms with Crippen LogP contribution in [0.2, 0.25) is 0 Å². The fraction of sp³-hybridized carbons (Fsp3) is 1.00. The average molecular weight is 625 g/mol. The summed E-state index contributed by atoms with van der Waals surface area (Å²) in [6.07, 6.45) is 1.17. The van der Waals surface area contributed by atoms with Crippen molar-refractivity contribution in [2.24, 2.45) is 11.8 Å². The van der Waals surface area contributed by atoms with E-state index in [0.29, 0.717) is 85.2 Å². The number of rotatable bonds is 32. The van der Waals surface area contributed by atoms with Gasteiger partial charge in [0.1, 0.15) is 0 Å². The standard InChI is InChI=1S/C33H68O10/c1-11-12-35-20-28(5)40-24-33(10)43-23-31(8)39-19-27(4)18-36-15-13-34-14-16-37-21-29(6)41-25-32(9)42-22-30(7)38-17-26(2)3/h26-33H,11-25H2,1-10H3. The van der Waals surface area contributed by atoms with Gasteiger partial charge in [-0.15, -0.1) is 0 Å². The summed E-state index contributed by atoms with van der Waals surface area (Å²) in [5.41, 5.74) is 0. The van der Waals surface area contributed by atoms with Gasteiger partial charge in [-0.2, -0.15) is 0 Å². The predicted octanol–water partition coefficient (Wildman–Crippen LogP) is 5.19. The van der Waals surface area contributed by atoms with E-state index in [0.717, 1.165) is 19.6 Å². The van der Waals surface area contributed by atoms with Crippen LogP contribution in [-0.2, 0) is 47.4 Å². The van der Waals surface area contributed by atoms with Crippen molar-refractivity contribution in [2.45, 2.75) is 112 Å². The summed E-state index contributed by atoms with van der Waals surface area (Å²) in [6, 6.07) is 0. The van der Waals surface area contributed by atoms with Crippen molar-refractivity contribution < 1.29 is 47.4 Å². The summed E-state index contributed by atoms with van der Waals surface area (Å²) >= 11 is 0. The second kappa shape index (κ2) is 29.0.